The Balaban J connectivity index is 2.13. The standard InChI is InChI=1S/C11H9BrClNO2S2/c12-11-9(13)6-10(17-11)18(15,16)14-7-8-4-2-1-3-5-8/h1-6,14H,7H2. The summed E-state index contributed by atoms with van der Waals surface area (Å²) in [7, 11) is -3.51. The molecule has 18 heavy (non-hydrogen) atoms. The monoisotopic (exact) mass is 365 g/mol. The third kappa shape index (κ3) is 3.33. The Morgan fingerprint density at radius 1 is 1.28 bits per heavy atom. The first kappa shape index (κ1) is 14.0. The molecule has 3 nitrogen and oxygen atoms in total. The first-order chi connectivity index (χ1) is 8.49. The van der Waals surface area contributed by atoms with E-state index in [1.54, 1.807) is 0 Å². The van der Waals surface area contributed by atoms with Gasteiger partial charge in [0.25, 0.3) is 0 Å². The molecule has 0 unspecified atom stereocenters. The minimum Gasteiger partial charge on any atom is -0.206 e. The number of hydrogen-bond donors (Lipinski definition) is 1. The zero-order valence-electron chi connectivity index (χ0n) is 9.06. The van der Waals surface area contributed by atoms with Crippen LogP contribution in [0.25, 0.3) is 0 Å². The molecule has 0 aliphatic heterocycles. The fraction of sp³-hybridized carbons (Fsp3) is 0.0909. The molecule has 2 aromatic rings. The molecule has 0 atom stereocenters. The third-order valence-electron chi connectivity index (χ3n) is 2.20. The number of nitrogens with one attached hydrogen (secondary N) is 1. The van der Waals surface area contributed by atoms with Crippen LogP contribution < -0.4 is 4.72 Å². The van der Waals surface area contributed by atoms with Crippen LogP contribution in [-0.2, 0) is 16.6 Å². The van der Waals surface area contributed by atoms with Gasteiger partial charge in [0.15, 0.2) is 0 Å². The van der Waals surface area contributed by atoms with Gasteiger partial charge < -0.3 is 0 Å². The molecule has 96 valence electrons. The molecule has 1 N–H and O–H groups in total. The van der Waals surface area contributed by atoms with Gasteiger partial charge in [-0.2, -0.15) is 0 Å². The number of hydrogen-bond acceptors (Lipinski definition) is 3. The Kier molecular flexibility index (Phi) is 4.45. The van der Waals surface area contributed by atoms with Crippen molar-refractivity contribution in [3.8, 4) is 0 Å². The topological polar surface area (TPSA) is 46.2 Å². The predicted molar refractivity (Wildman–Crippen MR) is 77.5 cm³/mol. The average molecular weight is 367 g/mol. The molecule has 0 saturated carbocycles. The van der Waals surface area contributed by atoms with Crippen LogP contribution in [0.4, 0.5) is 0 Å². The van der Waals surface area contributed by atoms with Crippen LogP contribution in [0, 0.1) is 0 Å². The van der Waals surface area contributed by atoms with Crippen molar-refractivity contribution in [1.82, 2.24) is 4.72 Å². The Morgan fingerprint density at radius 2 is 1.94 bits per heavy atom. The van der Waals surface area contributed by atoms with E-state index in [0.29, 0.717) is 8.81 Å². The Hall–Kier alpha value is -0.400. The van der Waals surface area contributed by atoms with E-state index in [1.165, 1.54) is 6.07 Å². The summed E-state index contributed by atoms with van der Waals surface area (Å²) in [6.07, 6.45) is 0. The maximum absolute atomic E-state index is 12.0. The van der Waals surface area contributed by atoms with Crippen molar-refractivity contribution < 1.29 is 8.42 Å². The Bertz CT molecular complexity index is 621. The highest BCUT2D eigenvalue weighted by molar-refractivity contribution is 9.11. The number of benzene rings is 1. The second-order valence-corrected chi connectivity index (χ2v) is 8.27. The summed E-state index contributed by atoms with van der Waals surface area (Å²) in [5, 5.41) is 0.403. The number of halogens is 2. The molecular weight excluding hydrogens is 358 g/mol. The van der Waals surface area contributed by atoms with Gasteiger partial charge in [0.1, 0.15) is 4.21 Å². The van der Waals surface area contributed by atoms with E-state index >= 15 is 0 Å². The molecule has 0 fully saturated rings. The summed E-state index contributed by atoms with van der Waals surface area (Å²) in [5.41, 5.74) is 0.905. The van der Waals surface area contributed by atoms with E-state index in [1.807, 2.05) is 30.3 Å². The Labute approximate surface area is 123 Å². The fourth-order valence-corrected chi connectivity index (χ4v) is 4.77. The third-order valence-corrected chi connectivity index (χ3v) is 6.55. The number of rotatable bonds is 4. The lowest BCUT2D eigenvalue weighted by Crippen LogP contribution is -2.22. The van der Waals surface area contributed by atoms with E-state index in [-0.39, 0.29) is 10.8 Å². The van der Waals surface area contributed by atoms with Crippen LogP contribution in [0.5, 0.6) is 0 Å². The van der Waals surface area contributed by atoms with Crippen molar-refractivity contribution in [2.45, 2.75) is 10.8 Å². The van der Waals surface area contributed by atoms with E-state index in [2.05, 4.69) is 20.7 Å². The maximum Gasteiger partial charge on any atom is 0.250 e. The number of sulfonamides is 1. The van der Waals surface area contributed by atoms with Crippen molar-refractivity contribution >= 4 is 48.9 Å². The van der Waals surface area contributed by atoms with Crippen LogP contribution in [0.3, 0.4) is 0 Å². The molecule has 0 radical (unpaired) electrons. The van der Waals surface area contributed by atoms with E-state index in [9.17, 15) is 8.42 Å². The molecule has 1 aromatic carbocycles. The van der Waals surface area contributed by atoms with Crippen LogP contribution in [0.1, 0.15) is 5.56 Å². The minimum atomic E-state index is -3.51. The van der Waals surface area contributed by atoms with Crippen molar-refractivity contribution in [2.24, 2.45) is 0 Å². The van der Waals surface area contributed by atoms with Crippen molar-refractivity contribution in [3.63, 3.8) is 0 Å². The van der Waals surface area contributed by atoms with E-state index < -0.39 is 10.0 Å². The van der Waals surface area contributed by atoms with Gasteiger partial charge in [0, 0.05) is 6.54 Å². The molecule has 0 spiro atoms. The first-order valence-electron chi connectivity index (χ1n) is 4.97. The smallest absolute Gasteiger partial charge is 0.206 e. The highest BCUT2D eigenvalue weighted by Gasteiger charge is 2.18. The van der Waals surface area contributed by atoms with Gasteiger partial charge in [-0.15, -0.1) is 11.3 Å². The van der Waals surface area contributed by atoms with Crippen molar-refractivity contribution in [2.75, 3.05) is 0 Å². The fourth-order valence-electron chi connectivity index (χ4n) is 1.30. The largest absolute Gasteiger partial charge is 0.250 e. The van der Waals surface area contributed by atoms with Gasteiger partial charge in [-0.05, 0) is 27.6 Å². The van der Waals surface area contributed by atoms with Crippen LogP contribution >= 0.6 is 38.9 Å². The van der Waals surface area contributed by atoms with Crippen molar-refractivity contribution in [3.05, 3.63) is 50.8 Å². The second-order valence-electron chi connectivity index (χ2n) is 3.50. The average Bonchev–Trinajstić information content (AvgIpc) is 2.70. The second kappa shape index (κ2) is 5.71. The summed E-state index contributed by atoms with van der Waals surface area (Å²) in [6.45, 7) is 0.260. The molecule has 2 rings (SSSR count). The summed E-state index contributed by atoms with van der Waals surface area (Å²) in [6, 6.07) is 10.8. The summed E-state index contributed by atoms with van der Waals surface area (Å²) >= 11 is 10.1. The predicted octanol–water partition coefficient (Wildman–Crippen LogP) is 3.64. The lowest BCUT2D eigenvalue weighted by atomic mass is 10.2. The molecule has 0 aliphatic rings. The highest BCUT2D eigenvalue weighted by atomic mass is 79.9. The highest BCUT2D eigenvalue weighted by Crippen LogP contribution is 2.34. The summed E-state index contributed by atoms with van der Waals surface area (Å²) < 4.78 is 27.3. The zero-order chi connectivity index (χ0) is 13.2. The SMILES string of the molecule is O=S(=O)(NCc1ccccc1)c1cc(Cl)c(Br)s1. The lowest BCUT2D eigenvalue weighted by molar-refractivity contribution is 0.583. The molecular formula is C11H9BrClNO2S2. The molecule has 0 bridgehead atoms. The van der Waals surface area contributed by atoms with Crippen LogP contribution in [-0.4, -0.2) is 8.42 Å². The molecule has 1 aromatic heterocycles. The van der Waals surface area contributed by atoms with Crippen LogP contribution in [0.2, 0.25) is 5.02 Å². The van der Waals surface area contributed by atoms with Gasteiger partial charge >= 0.3 is 0 Å². The lowest BCUT2D eigenvalue weighted by Gasteiger charge is -2.04. The summed E-state index contributed by atoms with van der Waals surface area (Å²) in [5.74, 6) is 0. The van der Waals surface area contributed by atoms with Gasteiger partial charge in [0.05, 0.1) is 8.81 Å². The maximum atomic E-state index is 12.0. The molecule has 7 heteroatoms. The van der Waals surface area contributed by atoms with Crippen molar-refractivity contribution in [1.29, 1.82) is 0 Å². The normalized spacial score (nSPS) is 11.7. The van der Waals surface area contributed by atoms with Gasteiger partial charge in [-0.1, -0.05) is 41.9 Å². The molecule has 0 aliphatic carbocycles. The quantitative estimate of drug-likeness (QED) is 0.898. The van der Waals surface area contributed by atoms with Crippen LogP contribution in [0.15, 0.2) is 44.4 Å². The molecule has 1 heterocycles. The van der Waals surface area contributed by atoms with Gasteiger partial charge in [0.2, 0.25) is 10.0 Å². The first-order valence-corrected chi connectivity index (χ1v) is 8.44. The molecule has 0 saturated heterocycles. The minimum absolute atomic E-state index is 0.204. The van der Waals surface area contributed by atoms with E-state index in [4.69, 9.17) is 11.6 Å². The zero-order valence-corrected chi connectivity index (χ0v) is 13.0. The number of thiophene rings is 1. The Morgan fingerprint density at radius 3 is 2.50 bits per heavy atom. The van der Waals surface area contributed by atoms with Gasteiger partial charge in [-0.25, -0.2) is 13.1 Å². The molecule has 0 amide bonds. The van der Waals surface area contributed by atoms with E-state index in [0.717, 1.165) is 16.9 Å². The van der Waals surface area contributed by atoms with Gasteiger partial charge in [-0.3, -0.25) is 0 Å². The summed E-state index contributed by atoms with van der Waals surface area (Å²) in [4.78, 5) is 0.